The van der Waals surface area contributed by atoms with E-state index in [1.165, 1.54) is 23.2 Å². The number of nitrogens with two attached hydrogens (primary N) is 1. The molecule has 2 N–H and O–H groups in total. The van der Waals surface area contributed by atoms with E-state index in [4.69, 9.17) is 5.73 Å². The molecule has 2 unspecified atom stereocenters. The molecule has 1 aliphatic heterocycles. The van der Waals surface area contributed by atoms with Gasteiger partial charge in [0.2, 0.25) is 0 Å². The Morgan fingerprint density at radius 1 is 1.00 bits per heavy atom. The standard InChI is InChI=1S/C18H20N2/c19-17-9-10-20(18-8-4-3-7-16(17)18)12-14-11-13-5-1-2-6-15(13)14/h1-8,14,17H,9-12,19H2. The Hall–Kier alpha value is -1.80. The van der Waals surface area contributed by atoms with Gasteiger partial charge in [0.05, 0.1) is 0 Å². The third kappa shape index (κ3) is 1.83. The summed E-state index contributed by atoms with van der Waals surface area (Å²) in [7, 11) is 0. The van der Waals surface area contributed by atoms with Gasteiger partial charge >= 0.3 is 0 Å². The van der Waals surface area contributed by atoms with Crippen molar-refractivity contribution >= 4 is 5.69 Å². The SMILES string of the molecule is NC1CCN(CC2Cc3ccccc32)c2ccccc21. The van der Waals surface area contributed by atoms with Crippen LogP contribution in [0.3, 0.4) is 0 Å². The number of rotatable bonds is 2. The normalized spacial score (nSPS) is 23.8. The van der Waals surface area contributed by atoms with Crippen LogP contribution in [0.25, 0.3) is 0 Å². The van der Waals surface area contributed by atoms with Gasteiger partial charge in [-0.3, -0.25) is 0 Å². The average Bonchev–Trinajstić information content (AvgIpc) is 2.47. The molecule has 2 aromatic rings. The van der Waals surface area contributed by atoms with E-state index >= 15 is 0 Å². The Morgan fingerprint density at radius 3 is 2.60 bits per heavy atom. The zero-order valence-electron chi connectivity index (χ0n) is 11.6. The molecule has 4 rings (SSSR count). The Kier molecular flexibility index (Phi) is 2.78. The Bertz CT molecular complexity index is 635. The third-order valence-electron chi connectivity index (χ3n) is 4.79. The van der Waals surface area contributed by atoms with Crippen molar-refractivity contribution in [1.82, 2.24) is 0 Å². The van der Waals surface area contributed by atoms with Gasteiger partial charge in [-0.1, -0.05) is 42.5 Å². The molecular formula is C18H20N2. The largest absolute Gasteiger partial charge is 0.371 e. The molecule has 0 saturated heterocycles. The molecule has 2 aromatic carbocycles. The van der Waals surface area contributed by atoms with Crippen LogP contribution in [0, 0.1) is 0 Å². The first-order chi connectivity index (χ1) is 9.83. The van der Waals surface area contributed by atoms with Crippen LogP contribution in [0.4, 0.5) is 5.69 Å². The lowest BCUT2D eigenvalue weighted by molar-refractivity contribution is 0.535. The second-order valence-electron chi connectivity index (χ2n) is 6.00. The number of hydrogen-bond acceptors (Lipinski definition) is 2. The zero-order chi connectivity index (χ0) is 13.5. The van der Waals surface area contributed by atoms with Crippen molar-refractivity contribution < 1.29 is 0 Å². The van der Waals surface area contributed by atoms with E-state index in [0.29, 0.717) is 5.92 Å². The third-order valence-corrected chi connectivity index (χ3v) is 4.79. The number of anilines is 1. The number of para-hydroxylation sites is 1. The van der Waals surface area contributed by atoms with Crippen molar-refractivity contribution in [3.8, 4) is 0 Å². The number of nitrogens with zero attached hydrogens (tertiary/aromatic N) is 1. The lowest BCUT2D eigenvalue weighted by atomic mass is 9.77. The van der Waals surface area contributed by atoms with Gasteiger partial charge < -0.3 is 10.6 Å². The fraction of sp³-hybridized carbons (Fsp3) is 0.333. The summed E-state index contributed by atoms with van der Waals surface area (Å²) in [5, 5.41) is 0. The highest BCUT2D eigenvalue weighted by molar-refractivity contribution is 5.57. The molecule has 2 atom stereocenters. The van der Waals surface area contributed by atoms with Crippen molar-refractivity contribution in [3.63, 3.8) is 0 Å². The van der Waals surface area contributed by atoms with Crippen LogP contribution in [0.1, 0.15) is 35.1 Å². The quantitative estimate of drug-likeness (QED) is 0.902. The van der Waals surface area contributed by atoms with E-state index < -0.39 is 0 Å². The van der Waals surface area contributed by atoms with Gasteiger partial charge in [0.25, 0.3) is 0 Å². The zero-order valence-corrected chi connectivity index (χ0v) is 11.6. The van der Waals surface area contributed by atoms with E-state index in [-0.39, 0.29) is 6.04 Å². The predicted octanol–water partition coefficient (Wildman–Crippen LogP) is 3.24. The van der Waals surface area contributed by atoms with Crippen LogP contribution in [-0.2, 0) is 6.42 Å². The predicted molar refractivity (Wildman–Crippen MR) is 83.1 cm³/mol. The molecule has 0 bridgehead atoms. The molecule has 0 amide bonds. The fourth-order valence-corrected chi connectivity index (χ4v) is 3.64. The molecule has 20 heavy (non-hydrogen) atoms. The fourth-order valence-electron chi connectivity index (χ4n) is 3.64. The summed E-state index contributed by atoms with van der Waals surface area (Å²) in [6.45, 7) is 2.21. The van der Waals surface area contributed by atoms with Crippen molar-refractivity contribution in [2.75, 3.05) is 18.0 Å². The van der Waals surface area contributed by atoms with Crippen molar-refractivity contribution in [2.45, 2.75) is 24.8 Å². The lowest BCUT2D eigenvalue weighted by Gasteiger charge is -2.40. The minimum atomic E-state index is 0.205. The van der Waals surface area contributed by atoms with Crippen LogP contribution in [-0.4, -0.2) is 13.1 Å². The molecule has 0 saturated carbocycles. The lowest BCUT2D eigenvalue weighted by Crippen LogP contribution is -2.38. The molecule has 2 aliphatic rings. The van der Waals surface area contributed by atoms with Crippen LogP contribution in [0.2, 0.25) is 0 Å². The summed E-state index contributed by atoms with van der Waals surface area (Å²) >= 11 is 0. The van der Waals surface area contributed by atoms with E-state index in [1.807, 2.05) is 0 Å². The molecule has 1 heterocycles. The van der Waals surface area contributed by atoms with Gasteiger partial charge in [-0.2, -0.15) is 0 Å². The first kappa shape index (κ1) is 12.0. The van der Waals surface area contributed by atoms with Gasteiger partial charge in [-0.15, -0.1) is 0 Å². The van der Waals surface area contributed by atoms with Crippen molar-refractivity contribution in [2.24, 2.45) is 5.73 Å². The van der Waals surface area contributed by atoms with Crippen molar-refractivity contribution in [3.05, 3.63) is 65.2 Å². The van der Waals surface area contributed by atoms with E-state index in [1.54, 1.807) is 5.56 Å². The molecule has 0 fully saturated rings. The van der Waals surface area contributed by atoms with E-state index in [0.717, 1.165) is 19.5 Å². The van der Waals surface area contributed by atoms with E-state index in [9.17, 15) is 0 Å². The highest BCUT2D eigenvalue weighted by atomic mass is 15.1. The first-order valence-electron chi connectivity index (χ1n) is 7.50. The highest BCUT2D eigenvalue weighted by Crippen LogP contribution is 2.39. The van der Waals surface area contributed by atoms with Gasteiger partial charge in [-0.25, -0.2) is 0 Å². The van der Waals surface area contributed by atoms with E-state index in [2.05, 4.69) is 53.4 Å². The first-order valence-corrected chi connectivity index (χ1v) is 7.50. The van der Waals surface area contributed by atoms with Crippen LogP contribution in [0.15, 0.2) is 48.5 Å². The maximum absolute atomic E-state index is 6.24. The summed E-state index contributed by atoms with van der Waals surface area (Å²) in [5.74, 6) is 0.689. The summed E-state index contributed by atoms with van der Waals surface area (Å²) in [6, 6.07) is 17.7. The van der Waals surface area contributed by atoms with Crippen molar-refractivity contribution in [1.29, 1.82) is 0 Å². The summed E-state index contributed by atoms with van der Waals surface area (Å²) < 4.78 is 0. The smallest absolute Gasteiger partial charge is 0.0414 e. The molecule has 102 valence electrons. The highest BCUT2D eigenvalue weighted by Gasteiger charge is 2.30. The maximum atomic E-state index is 6.24. The molecule has 2 nitrogen and oxygen atoms in total. The second kappa shape index (κ2) is 4.64. The molecule has 1 aliphatic carbocycles. The van der Waals surface area contributed by atoms with Gasteiger partial charge in [0.1, 0.15) is 0 Å². The topological polar surface area (TPSA) is 29.3 Å². The summed E-state index contributed by atoms with van der Waals surface area (Å²) in [6.07, 6.45) is 2.28. The minimum absolute atomic E-state index is 0.205. The van der Waals surface area contributed by atoms with Crippen LogP contribution >= 0.6 is 0 Å². The van der Waals surface area contributed by atoms with Crippen LogP contribution < -0.4 is 10.6 Å². The minimum Gasteiger partial charge on any atom is -0.371 e. The molecule has 0 radical (unpaired) electrons. The van der Waals surface area contributed by atoms with Gasteiger partial charge in [-0.05, 0) is 35.6 Å². The molecular weight excluding hydrogens is 244 g/mol. The van der Waals surface area contributed by atoms with Crippen LogP contribution in [0.5, 0.6) is 0 Å². The molecule has 0 aromatic heterocycles. The monoisotopic (exact) mass is 264 g/mol. The van der Waals surface area contributed by atoms with Gasteiger partial charge in [0.15, 0.2) is 0 Å². The number of fused-ring (bicyclic) bond motifs is 2. The van der Waals surface area contributed by atoms with Gasteiger partial charge in [0, 0.05) is 30.7 Å². The number of benzene rings is 2. The summed E-state index contributed by atoms with van der Waals surface area (Å²) in [4.78, 5) is 2.53. The Morgan fingerprint density at radius 2 is 1.75 bits per heavy atom. The average molecular weight is 264 g/mol. The molecule has 2 heteroatoms. The maximum Gasteiger partial charge on any atom is 0.0414 e. The summed E-state index contributed by atoms with van der Waals surface area (Å²) in [5.41, 5.74) is 12.0. The molecule has 0 spiro atoms. The second-order valence-corrected chi connectivity index (χ2v) is 6.00. The Balaban J connectivity index is 1.58. The number of hydrogen-bond donors (Lipinski definition) is 1. The Labute approximate surface area is 120 Å².